The van der Waals surface area contributed by atoms with Gasteiger partial charge in [0.2, 0.25) is 9.84 Å². The molecule has 0 aliphatic heterocycles. The molecule has 1 atom stereocenters. The fourth-order valence-corrected chi connectivity index (χ4v) is 4.25. The van der Waals surface area contributed by atoms with Gasteiger partial charge in [-0.25, -0.2) is 8.42 Å². The quantitative estimate of drug-likeness (QED) is 0.665. The van der Waals surface area contributed by atoms with Crippen molar-refractivity contribution in [3.8, 4) is 0 Å². The molecular weight excluding hydrogens is 318 g/mol. The minimum absolute atomic E-state index is 0.245. The first kappa shape index (κ1) is 17.0. The topological polar surface area (TPSA) is 98.4 Å². The van der Waals surface area contributed by atoms with Crippen LogP contribution in [0.15, 0.2) is 47.6 Å². The van der Waals surface area contributed by atoms with E-state index in [0.29, 0.717) is 11.1 Å². The number of sulfone groups is 1. The average molecular weight is 335 g/mol. The number of hydrogen-bond donors (Lipinski definition) is 1. The molecule has 7 heteroatoms. The molecule has 2 rings (SSSR count). The van der Waals surface area contributed by atoms with Crippen LogP contribution in [0.5, 0.6) is 0 Å². The van der Waals surface area contributed by atoms with E-state index >= 15 is 0 Å². The van der Waals surface area contributed by atoms with Gasteiger partial charge in [-0.05, 0) is 31.0 Å². The molecule has 6 nitrogen and oxygen atoms in total. The van der Waals surface area contributed by atoms with Gasteiger partial charge in [0, 0.05) is 12.1 Å². The van der Waals surface area contributed by atoms with Crippen LogP contribution in [0, 0.1) is 19.1 Å². The van der Waals surface area contributed by atoms with E-state index in [9.17, 15) is 18.4 Å². The molecule has 0 saturated carbocycles. The lowest BCUT2D eigenvalue weighted by molar-refractivity contribution is -0.646. The smallest absolute Gasteiger partial charge is 0.309 e. The number of hydrogen-bond acceptors (Lipinski definition) is 4. The van der Waals surface area contributed by atoms with Crippen molar-refractivity contribution in [1.82, 2.24) is 0 Å². The number of aliphatic carboxylic acids is 1. The first-order chi connectivity index (χ1) is 10.7. The minimum Gasteiger partial charge on any atom is -0.618 e. The van der Waals surface area contributed by atoms with Crippen molar-refractivity contribution in [2.75, 3.05) is 0 Å². The van der Waals surface area contributed by atoms with E-state index in [-0.39, 0.29) is 4.73 Å². The second-order valence-corrected chi connectivity index (χ2v) is 7.43. The monoisotopic (exact) mass is 335 g/mol. The maximum Gasteiger partial charge on any atom is 0.309 e. The number of benzene rings is 1. The molecule has 122 valence electrons. The largest absolute Gasteiger partial charge is 0.618 e. The predicted molar refractivity (Wildman–Crippen MR) is 83.5 cm³/mol. The van der Waals surface area contributed by atoms with Gasteiger partial charge in [-0.2, -0.15) is 4.73 Å². The Labute approximate surface area is 134 Å². The van der Waals surface area contributed by atoms with E-state index in [1.54, 1.807) is 26.0 Å². The molecular formula is C16H17NO5S. The van der Waals surface area contributed by atoms with Crippen molar-refractivity contribution >= 4 is 15.8 Å². The maximum atomic E-state index is 12.9. The van der Waals surface area contributed by atoms with Crippen molar-refractivity contribution < 1.29 is 23.0 Å². The van der Waals surface area contributed by atoms with E-state index < -0.39 is 32.5 Å². The molecule has 0 spiro atoms. The summed E-state index contributed by atoms with van der Waals surface area (Å²) in [5.41, 5.74) is 1.88. The highest BCUT2D eigenvalue weighted by Gasteiger charge is 2.37. The Kier molecular flexibility index (Phi) is 4.70. The molecule has 1 unspecified atom stereocenters. The molecule has 0 amide bonds. The van der Waals surface area contributed by atoms with E-state index in [1.807, 2.05) is 6.07 Å². The molecule has 0 aliphatic carbocycles. The summed E-state index contributed by atoms with van der Waals surface area (Å²) in [5.74, 6) is -1.24. The van der Waals surface area contributed by atoms with Gasteiger partial charge in [0.1, 0.15) is 5.25 Å². The first-order valence-corrected chi connectivity index (χ1v) is 8.49. The Balaban J connectivity index is 2.66. The molecule has 0 bridgehead atoms. The van der Waals surface area contributed by atoms with E-state index in [4.69, 9.17) is 5.11 Å². The fraction of sp³-hybridized carbons (Fsp3) is 0.250. The van der Waals surface area contributed by atoms with Crippen LogP contribution >= 0.6 is 0 Å². The number of carbonyl (C=O) groups is 1. The highest BCUT2D eigenvalue weighted by atomic mass is 32.2. The Morgan fingerprint density at radius 1 is 1.26 bits per heavy atom. The Morgan fingerprint density at radius 2 is 1.96 bits per heavy atom. The molecule has 0 aliphatic rings. The van der Waals surface area contributed by atoms with Crippen molar-refractivity contribution in [3.05, 3.63) is 64.5 Å². The van der Waals surface area contributed by atoms with E-state index in [0.717, 1.165) is 11.8 Å². The van der Waals surface area contributed by atoms with Gasteiger partial charge in [0.05, 0.1) is 6.42 Å². The average Bonchev–Trinajstić information content (AvgIpc) is 2.47. The SMILES string of the molecule is Cc1ccc(C)c(C(CC(=O)O)S(=O)(=O)c2cccc[n+]2[O-])c1. The number of pyridine rings is 1. The maximum absolute atomic E-state index is 12.9. The number of nitrogens with zero attached hydrogens (tertiary/aromatic N) is 1. The number of rotatable bonds is 5. The third-order valence-electron chi connectivity index (χ3n) is 3.60. The first-order valence-electron chi connectivity index (χ1n) is 6.94. The van der Waals surface area contributed by atoms with Crippen LogP contribution in [-0.2, 0) is 14.6 Å². The van der Waals surface area contributed by atoms with Crippen LogP contribution in [0.2, 0.25) is 0 Å². The third kappa shape index (κ3) is 3.50. The van der Waals surface area contributed by atoms with Crippen LogP contribution in [0.3, 0.4) is 0 Å². The van der Waals surface area contributed by atoms with Gasteiger partial charge in [-0.1, -0.05) is 23.8 Å². The standard InChI is InChI=1S/C16H17NO5S/c1-11-6-7-12(2)13(9-11)14(10-16(18)19)23(21,22)15-5-3-4-8-17(15)20/h3-9,14H,10H2,1-2H3,(H,18,19). The Bertz CT molecular complexity index is 845. The summed E-state index contributed by atoms with van der Waals surface area (Å²) >= 11 is 0. The zero-order valence-electron chi connectivity index (χ0n) is 12.8. The Morgan fingerprint density at radius 3 is 2.57 bits per heavy atom. The predicted octanol–water partition coefficient (Wildman–Crippen LogP) is 1.93. The summed E-state index contributed by atoms with van der Waals surface area (Å²) in [5, 5.41) is 19.2. The lowest BCUT2D eigenvalue weighted by atomic mass is 10.0. The van der Waals surface area contributed by atoms with Crippen LogP contribution in [0.4, 0.5) is 0 Å². The van der Waals surface area contributed by atoms with Crippen LogP contribution in [0.25, 0.3) is 0 Å². The second-order valence-electron chi connectivity index (χ2n) is 5.36. The Hall–Kier alpha value is -2.41. The molecule has 2 aromatic rings. The van der Waals surface area contributed by atoms with Gasteiger partial charge >= 0.3 is 11.0 Å². The van der Waals surface area contributed by atoms with Crippen LogP contribution < -0.4 is 4.73 Å². The van der Waals surface area contributed by atoms with Gasteiger partial charge in [0.15, 0.2) is 6.20 Å². The van der Waals surface area contributed by atoms with Crippen molar-refractivity contribution in [3.63, 3.8) is 0 Å². The minimum atomic E-state index is -4.15. The van der Waals surface area contributed by atoms with E-state index in [2.05, 4.69) is 0 Å². The van der Waals surface area contributed by atoms with Crippen molar-refractivity contribution in [2.24, 2.45) is 0 Å². The van der Waals surface area contributed by atoms with Crippen LogP contribution in [0.1, 0.15) is 28.4 Å². The van der Waals surface area contributed by atoms with Gasteiger partial charge in [0.25, 0.3) is 0 Å². The summed E-state index contributed by atoms with van der Waals surface area (Å²) in [6, 6.07) is 9.24. The summed E-state index contributed by atoms with van der Waals surface area (Å²) in [6.45, 7) is 3.51. The van der Waals surface area contributed by atoms with E-state index in [1.165, 1.54) is 18.2 Å². The number of aromatic nitrogens is 1. The van der Waals surface area contributed by atoms with Gasteiger partial charge in [-0.15, -0.1) is 0 Å². The van der Waals surface area contributed by atoms with Crippen molar-refractivity contribution in [1.29, 1.82) is 0 Å². The molecule has 1 heterocycles. The molecule has 0 fully saturated rings. The summed E-state index contributed by atoms with van der Waals surface area (Å²) < 4.78 is 26.0. The summed E-state index contributed by atoms with van der Waals surface area (Å²) in [6.07, 6.45) is 0.468. The third-order valence-corrected chi connectivity index (χ3v) is 5.67. The summed E-state index contributed by atoms with van der Waals surface area (Å²) in [4.78, 5) is 11.2. The number of carboxylic acid groups (broad SMARTS) is 1. The molecule has 0 saturated heterocycles. The fourth-order valence-electron chi connectivity index (χ4n) is 2.43. The number of carboxylic acids is 1. The lowest BCUT2D eigenvalue weighted by Crippen LogP contribution is -2.35. The van der Waals surface area contributed by atoms with Crippen LogP contribution in [-0.4, -0.2) is 19.5 Å². The highest BCUT2D eigenvalue weighted by molar-refractivity contribution is 7.91. The zero-order chi connectivity index (χ0) is 17.2. The lowest BCUT2D eigenvalue weighted by Gasteiger charge is -2.18. The second kappa shape index (κ2) is 6.37. The molecule has 1 aromatic heterocycles. The molecule has 23 heavy (non-hydrogen) atoms. The number of aryl methyl sites for hydroxylation is 2. The molecule has 1 aromatic carbocycles. The molecule has 0 radical (unpaired) electrons. The molecule has 1 N–H and O–H groups in total. The summed E-state index contributed by atoms with van der Waals surface area (Å²) in [7, 11) is -4.15. The van der Waals surface area contributed by atoms with Gasteiger partial charge < -0.3 is 10.3 Å². The van der Waals surface area contributed by atoms with Crippen molar-refractivity contribution in [2.45, 2.75) is 30.5 Å². The zero-order valence-corrected chi connectivity index (χ0v) is 13.6. The highest BCUT2D eigenvalue weighted by Crippen LogP contribution is 2.33. The normalized spacial score (nSPS) is 12.8. The van der Waals surface area contributed by atoms with Gasteiger partial charge in [-0.3, -0.25) is 4.79 Å².